The molecule has 0 spiro atoms. The Balaban J connectivity index is 1.66. The first-order chi connectivity index (χ1) is 13.0. The lowest BCUT2D eigenvalue weighted by atomic mass is 9.87. The van der Waals surface area contributed by atoms with Gasteiger partial charge in [-0.1, -0.05) is 37.3 Å². The maximum Gasteiger partial charge on any atom is 0.344 e. The third-order valence-electron chi connectivity index (χ3n) is 4.22. The van der Waals surface area contributed by atoms with Gasteiger partial charge in [-0.05, 0) is 23.4 Å². The summed E-state index contributed by atoms with van der Waals surface area (Å²) >= 11 is 1.32. The number of hydrogen-bond acceptors (Lipinski definition) is 6. The number of carbonyl (C=O) groups excluding carboxylic acids is 4. The zero-order chi connectivity index (χ0) is 19.4. The predicted octanol–water partition coefficient (Wildman–Crippen LogP) is 1.79. The first kappa shape index (κ1) is 18.6. The number of thiophene rings is 1. The van der Waals surface area contributed by atoms with E-state index in [2.05, 4.69) is 10.7 Å². The number of benzene rings is 1. The third-order valence-corrected chi connectivity index (χ3v) is 4.90. The van der Waals surface area contributed by atoms with Crippen LogP contribution in [0, 0.1) is 0 Å². The van der Waals surface area contributed by atoms with Crippen molar-refractivity contribution in [2.24, 2.45) is 0 Å². The van der Waals surface area contributed by atoms with E-state index in [1.54, 1.807) is 54.1 Å². The Morgan fingerprint density at radius 3 is 2.59 bits per heavy atom. The highest BCUT2D eigenvalue weighted by molar-refractivity contribution is 7.08. The van der Waals surface area contributed by atoms with Crippen molar-refractivity contribution in [2.45, 2.75) is 18.9 Å². The number of nitrogens with one attached hydrogen (secondary N) is 2. The summed E-state index contributed by atoms with van der Waals surface area (Å²) in [6, 6.07) is 9.61. The van der Waals surface area contributed by atoms with E-state index in [1.807, 2.05) is 0 Å². The van der Waals surface area contributed by atoms with Crippen molar-refractivity contribution in [3.05, 3.63) is 58.3 Å². The fourth-order valence-corrected chi connectivity index (χ4v) is 3.42. The maximum atomic E-state index is 12.9. The first-order valence-electron chi connectivity index (χ1n) is 8.19. The molecule has 0 bridgehead atoms. The number of imide groups is 1. The van der Waals surface area contributed by atoms with Crippen molar-refractivity contribution in [3.8, 4) is 0 Å². The lowest BCUT2D eigenvalue weighted by Gasteiger charge is -2.25. The van der Waals surface area contributed by atoms with Crippen molar-refractivity contribution < 1.29 is 23.9 Å². The summed E-state index contributed by atoms with van der Waals surface area (Å²) < 4.78 is 4.88. The van der Waals surface area contributed by atoms with Gasteiger partial charge in [0.05, 0.1) is 5.56 Å². The molecule has 2 heterocycles. The smallest absolute Gasteiger partial charge is 0.344 e. The molecule has 27 heavy (non-hydrogen) atoms. The minimum absolute atomic E-state index is 0.307. The van der Waals surface area contributed by atoms with Crippen LogP contribution in [0.5, 0.6) is 0 Å². The van der Waals surface area contributed by atoms with E-state index in [4.69, 9.17) is 4.74 Å². The Kier molecular flexibility index (Phi) is 5.22. The number of urea groups is 1. The molecule has 1 aromatic carbocycles. The average Bonchev–Trinajstić information content (AvgIpc) is 3.30. The molecule has 0 radical (unpaired) electrons. The van der Waals surface area contributed by atoms with Gasteiger partial charge in [0.25, 0.3) is 11.8 Å². The lowest BCUT2D eigenvalue weighted by Crippen LogP contribution is -2.49. The average molecular weight is 387 g/mol. The number of esters is 1. The Morgan fingerprint density at radius 1 is 1.22 bits per heavy atom. The molecule has 1 aliphatic heterocycles. The summed E-state index contributed by atoms with van der Waals surface area (Å²) in [4.78, 5) is 48.9. The molecule has 1 aliphatic rings. The van der Waals surface area contributed by atoms with Gasteiger partial charge in [-0.3, -0.25) is 15.0 Å². The van der Waals surface area contributed by atoms with Crippen molar-refractivity contribution in [1.29, 1.82) is 0 Å². The second-order valence-corrected chi connectivity index (χ2v) is 6.60. The van der Waals surface area contributed by atoms with Gasteiger partial charge >= 0.3 is 12.0 Å². The fraction of sp³-hybridized carbons (Fsp3) is 0.222. The highest BCUT2D eigenvalue weighted by Crippen LogP contribution is 2.31. The predicted molar refractivity (Wildman–Crippen MR) is 96.5 cm³/mol. The van der Waals surface area contributed by atoms with Crippen LogP contribution in [0.1, 0.15) is 29.3 Å². The van der Waals surface area contributed by atoms with Crippen LogP contribution in [0.25, 0.3) is 0 Å². The summed E-state index contributed by atoms with van der Waals surface area (Å²) in [5.41, 5.74) is 1.89. The summed E-state index contributed by atoms with van der Waals surface area (Å²) in [7, 11) is 0. The summed E-state index contributed by atoms with van der Waals surface area (Å²) in [5, 5.41) is 6.56. The molecule has 1 aromatic heterocycles. The van der Waals surface area contributed by atoms with Gasteiger partial charge in [-0.2, -0.15) is 16.3 Å². The molecule has 1 saturated heterocycles. The summed E-state index contributed by atoms with van der Waals surface area (Å²) in [6.07, 6.45) is 0.307. The van der Waals surface area contributed by atoms with E-state index in [9.17, 15) is 19.2 Å². The number of hydrogen-bond donors (Lipinski definition) is 2. The largest absolute Gasteiger partial charge is 0.452 e. The van der Waals surface area contributed by atoms with Crippen molar-refractivity contribution >= 4 is 35.2 Å². The van der Waals surface area contributed by atoms with Gasteiger partial charge < -0.3 is 10.1 Å². The van der Waals surface area contributed by atoms with E-state index >= 15 is 0 Å². The SMILES string of the molecule is CC[C@]1(c2ccccc2)NC(=O)N(NC(=O)COC(=O)c2ccsc2)C1=O. The Bertz CT molecular complexity index is 868. The van der Waals surface area contributed by atoms with Crippen LogP contribution >= 0.6 is 11.3 Å². The second kappa shape index (κ2) is 7.58. The van der Waals surface area contributed by atoms with Crippen LogP contribution in [0.2, 0.25) is 0 Å². The van der Waals surface area contributed by atoms with E-state index in [0.29, 0.717) is 22.6 Å². The Morgan fingerprint density at radius 2 is 1.96 bits per heavy atom. The molecular formula is C18H17N3O5S. The number of rotatable bonds is 6. The number of hydrazine groups is 1. The normalized spacial score (nSPS) is 18.9. The van der Waals surface area contributed by atoms with Crippen LogP contribution < -0.4 is 10.7 Å². The topological polar surface area (TPSA) is 105 Å². The van der Waals surface area contributed by atoms with Gasteiger partial charge in [0.1, 0.15) is 5.54 Å². The highest BCUT2D eigenvalue weighted by atomic mass is 32.1. The van der Waals surface area contributed by atoms with E-state index < -0.39 is 36.0 Å². The molecule has 140 valence electrons. The summed E-state index contributed by atoms with van der Waals surface area (Å²) in [5.74, 6) is -2.04. The molecule has 0 aliphatic carbocycles. The number of nitrogens with zero attached hydrogens (tertiary/aromatic N) is 1. The van der Waals surface area contributed by atoms with Gasteiger partial charge in [0, 0.05) is 5.38 Å². The molecule has 2 aromatic rings. The molecule has 8 nitrogen and oxygen atoms in total. The molecule has 0 saturated carbocycles. The van der Waals surface area contributed by atoms with Gasteiger partial charge in [-0.15, -0.1) is 0 Å². The first-order valence-corrected chi connectivity index (χ1v) is 9.13. The van der Waals surface area contributed by atoms with E-state index in [0.717, 1.165) is 0 Å². The van der Waals surface area contributed by atoms with Crippen LogP contribution in [-0.4, -0.2) is 35.4 Å². The monoisotopic (exact) mass is 387 g/mol. The number of carbonyl (C=O) groups is 4. The zero-order valence-electron chi connectivity index (χ0n) is 14.4. The van der Waals surface area contributed by atoms with Crippen LogP contribution in [-0.2, 0) is 19.9 Å². The fourth-order valence-electron chi connectivity index (χ4n) is 2.79. The molecule has 1 fully saturated rings. The summed E-state index contributed by atoms with van der Waals surface area (Å²) in [6.45, 7) is 1.15. The Hall–Kier alpha value is -3.20. The van der Waals surface area contributed by atoms with Gasteiger partial charge in [0.2, 0.25) is 0 Å². The quantitative estimate of drug-likeness (QED) is 0.581. The third kappa shape index (κ3) is 3.54. The van der Waals surface area contributed by atoms with Crippen LogP contribution in [0.15, 0.2) is 47.2 Å². The van der Waals surface area contributed by atoms with Gasteiger partial charge in [0.15, 0.2) is 6.61 Å². The molecule has 2 N–H and O–H groups in total. The van der Waals surface area contributed by atoms with Crippen molar-refractivity contribution in [1.82, 2.24) is 15.8 Å². The zero-order valence-corrected chi connectivity index (χ0v) is 15.2. The van der Waals surface area contributed by atoms with Crippen LogP contribution in [0.3, 0.4) is 0 Å². The molecule has 4 amide bonds. The van der Waals surface area contributed by atoms with E-state index in [1.165, 1.54) is 11.3 Å². The molecule has 1 atom stereocenters. The molecule has 9 heteroatoms. The maximum absolute atomic E-state index is 12.9. The van der Waals surface area contributed by atoms with Crippen molar-refractivity contribution in [2.75, 3.05) is 6.61 Å². The van der Waals surface area contributed by atoms with Gasteiger partial charge in [-0.25, -0.2) is 9.59 Å². The number of ether oxygens (including phenoxy) is 1. The molecule has 3 rings (SSSR count). The Labute approximate surface area is 159 Å². The highest BCUT2D eigenvalue weighted by Gasteiger charge is 2.52. The molecular weight excluding hydrogens is 370 g/mol. The van der Waals surface area contributed by atoms with Crippen LogP contribution in [0.4, 0.5) is 4.79 Å². The van der Waals surface area contributed by atoms with Crippen molar-refractivity contribution in [3.63, 3.8) is 0 Å². The molecule has 0 unspecified atom stereocenters. The number of amides is 4. The lowest BCUT2D eigenvalue weighted by molar-refractivity contribution is -0.140. The minimum Gasteiger partial charge on any atom is -0.452 e. The second-order valence-electron chi connectivity index (χ2n) is 5.82. The minimum atomic E-state index is -1.25. The standard InChI is InChI=1S/C18H17N3O5S/c1-2-18(13-6-4-3-5-7-13)16(24)21(17(25)19-18)20-14(22)10-26-15(23)12-8-9-27-11-12/h3-9,11H,2,10H2,1H3,(H,19,25)(H,20,22)/t18-/m1/s1. The van der Waals surface area contributed by atoms with E-state index in [-0.39, 0.29) is 0 Å².